The fourth-order valence-corrected chi connectivity index (χ4v) is 7.84. The number of ether oxygens (including phenoxy) is 3. The van der Waals surface area contributed by atoms with Gasteiger partial charge in [0.05, 0.1) is 0 Å². The fourth-order valence-electron chi connectivity index (χ4n) is 7.84. The summed E-state index contributed by atoms with van der Waals surface area (Å²) in [6.45, 7) is 6.52. The van der Waals surface area contributed by atoms with E-state index in [9.17, 15) is 14.4 Å². The zero-order valence-corrected chi connectivity index (χ0v) is 43.0. The Morgan fingerprint density at radius 3 is 0.969 bits per heavy atom. The first-order chi connectivity index (χ1) is 32.0. The molecule has 0 fully saturated rings. The van der Waals surface area contributed by atoms with Crippen molar-refractivity contribution < 1.29 is 28.6 Å². The van der Waals surface area contributed by atoms with E-state index in [0.717, 1.165) is 103 Å². The molecular weight excluding hydrogens is 805 g/mol. The van der Waals surface area contributed by atoms with E-state index in [-0.39, 0.29) is 31.1 Å². The summed E-state index contributed by atoms with van der Waals surface area (Å²) >= 11 is 0. The van der Waals surface area contributed by atoms with Crippen LogP contribution in [0.1, 0.15) is 278 Å². The Labute approximate surface area is 402 Å². The molecular formula is C59H104O6. The van der Waals surface area contributed by atoms with Gasteiger partial charge in [-0.05, 0) is 83.5 Å². The zero-order chi connectivity index (χ0) is 47.2. The maximum Gasteiger partial charge on any atom is 0.306 e. The molecule has 0 amide bonds. The number of esters is 3. The summed E-state index contributed by atoms with van der Waals surface area (Å²) in [6.07, 6.45) is 66.3. The summed E-state index contributed by atoms with van der Waals surface area (Å²) < 4.78 is 16.8. The van der Waals surface area contributed by atoms with Crippen molar-refractivity contribution >= 4 is 17.9 Å². The van der Waals surface area contributed by atoms with Gasteiger partial charge in [-0.2, -0.15) is 0 Å². The number of carbonyl (C=O) groups is 3. The molecule has 0 N–H and O–H groups in total. The number of rotatable bonds is 50. The average Bonchev–Trinajstić information content (AvgIpc) is 3.30. The molecule has 0 aromatic rings. The lowest BCUT2D eigenvalue weighted by atomic mass is 10.0. The highest BCUT2D eigenvalue weighted by molar-refractivity contribution is 5.71. The molecule has 0 saturated carbocycles. The Kier molecular flexibility index (Phi) is 51.3. The highest BCUT2D eigenvalue weighted by atomic mass is 16.6. The maximum absolute atomic E-state index is 12.8. The van der Waals surface area contributed by atoms with Gasteiger partial charge >= 0.3 is 17.9 Å². The minimum absolute atomic E-state index is 0.0842. The van der Waals surface area contributed by atoms with E-state index in [0.29, 0.717) is 19.3 Å². The van der Waals surface area contributed by atoms with Gasteiger partial charge in [0.2, 0.25) is 0 Å². The maximum atomic E-state index is 12.8. The summed E-state index contributed by atoms with van der Waals surface area (Å²) in [7, 11) is 0. The monoisotopic (exact) mass is 909 g/mol. The fraction of sp³-hybridized carbons (Fsp3) is 0.780. The molecule has 0 rings (SSSR count). The second-order valence-electron chi connectivity index (χ2n) is 18.5. The van der Waals surface area contributed by atoms with Gasteiger partial charge in [0.15, 0.2) is 6.10 Å². The number of hydrogen-bond acceptors (Lipinski definition) is 6. The van der Waals surface area contributed by atoms with Crippen LogP contribution in [0.3, 0.4) is 0 Å². The van der Waals surface area contributed by atoms with Gasteiger partial charge in [-0.1, -0.05) is 236 Å². The molecule has 376 valence electrons. The summed E-state index contributed by atoms with van der Waals surface area (Å²) in [5, 5.41) is 0. The van der Waals surface area contributed by atoms with Crippen molar-refractivity contribution in [1.82, 2.24) is 0 Å². The van der Waals surface area contributed by atoms with Gasteiger partial charge < -0.3 is 14.2 Å². The normalized spacial score (nSPS) is 12.5. The predicted octanol–water partition coefficient (Wildman–Crippen LogP) is 18.4. The molecule has 0 radical (unpaired) electrons. The topological polar surface area (TPSA) is 78.9 Å². The number of hydrogen-bond donors (Lipinski definition) is 0. The average molecular weight is 909 g/mol. The van der Waals surface area contributed by atoms with E-state index >= 15 is 0 Å². The summed E-state index contributed by atoms with van der Waals surface area (Å²) in [5.41, 5.74) is 0. The first-order valence-corrected chi connectivity index (χ1v) is 27.8. The molecule has 0 aromatic carbocycles. The van der Waals surface area contributed by atoms with Crippen molar-refractivity contribution in [3.63, 3.8) is 0 Å². The molecule has 0 bridgehead atoms. The first-order valence-electron chi connectivity index (χ1n) is 27.8. The van der Waals surface area contributed by atoms with Crippen LogP contribution in [0.2, 0.25) is 0 Å². The highest BCUT2D eigenvalue weighted by Gasteiger charge is 2.19. The van der Waals surface area contributed by atoms with Crippen molar-refractivity contribution in [1.29, 1.82) is 0 Å². The molecule has 6 nitrogen and oxygen atoms in total. The van der Waals surface area contributed by atoms with Gasteiger partial charge in [-0.3, -0.25) is 14.4 Å². The van der Waals surface area contributed by atoms with Crippen LogP contribution in [-0.4, -0.2) is 37.2 Å². The van der Waals surface area contributed by atoms with Crippen LogP contribution in [-0.2, 0) is 28.6 Å². The van der Waals surface area contributed by atoms with Crippen LogP contribution in [0.5, 0.6) is 0 Å². The van der Waals surface area contributed by atoms with Gasteiger partial charge in [0.25, 0.3) is 0 Å². The Bertz CT molecular complexity index is 1180. The van der Waals surface area contributed by atoms with Crippen molar-refractivity contribution in [2.24, 2.45) is 0 Å². The van der Waals surface area contributed by atoms with Crippen LogP contribution in [0.15, 0.2) is 60.8 Å². The van der Waals surface area contributed by atoms with E-state index in [1.54, 1.807) is 0 Å². The molecule has 0 aliphatic carbocycles. The third-order valence-corrected chi connectivity index (χ3v) is 12.0. The molecule has 1 atom stereocenters. The predicted molar refractivity (Wildman–Crippen MR) is 279 cm³/mol. The van der Waals surface area contributed by atoms with Crippen molar-refractivity contribution in [2.45, 2.75) is 284 Å². The smallest absolute Gasteiger partial charge is 0.306 e. The third-order valence-electron chi connectivity index (χ3n) is 12.0. The lowest BCUT2D eigenvalue weighted by Gasteiger charge is -2.18. The second kappa shape index (κ2) is 53.7. The molecule has 6 heteroatoms. The number of carbonyl (C=O) groups excluding carboxylic acids is 3. The number of allylic oxidation sites excluding steroid dienone is 10. The molecule has 0 aromatic heterocycles. The number of unbranched alkanes of at least 4 members (excludes halogenated alkanes) is 29. The quantitative estimate of drug-likeness (QED) is 0.0262. The van der Waals surface area contributed by atoms with Crippen molar-refractivity contribution in [3.05, 3.63) is 60.8 Å². The Hall–Kier alpha value is -2.89. The van der Waals surface area contributed by atoms with Gasteiger partial charge in [0.1, 0.15) is 13.2 Å². The molecule has 65 heavy (non-hydrogen) atoms. The van der Waals surface area contributed by atoms with Gasteiger partial charge in [-0.25, -0.2) is 0 Å². The minimum Gasteiger partial charge on any atom is -0.462 e. The van der Waals surface area contributed by atoms with Crippen LogP contribution in [0, 0.1) is 0 Å². The molecule has 0 saturated heterocycles. The van der Waals surface area contributed by atoms with E-state index in [1.165, 1.54) is 135 Å². The van der Waals surface area contributed by atoms with Crippen LogP contribution in [0.25, 0.3) is 0 Å². The largest absolute Gasteiger partial charge is 0.462 e. The van der Waals surface area contributed by atoms with Crippen LogP contribution < -0.4 is 0 Å². The second-order valence-corrected chi connectivity index (χ2v) is 18.5. The van der Waals surface area contributed by atoms with Gasteiger partial charge in [0, 0.05) is 19.3 Å². The zero-order valence-electron chi connectivity index (χ0n) is 43.0. The molecule has 1 unspecified atom stereocenters. The Morgan fingerprint density at radius 2 is 0.600 bits per heavy atom. The SMILES string of the molecule is CC/C=C\C/C=C\C/C=C\C/C=C\CCCCCCCCC(=O)OCC(COC(=O)CCCCC/C=C\CCCCCCCC)OC(=O)CCCCCCCCCCCCCCCCC. The first kappa shape index (κ1) is 62.1. The standard InChI is InChI=1S/C59H104O6/c1-4-7-10-13-16-19-22-25-27-28-29-30-32-34-37-40-43-46-49-52-58(61)64-55-56(54-63-57(60)51-48-45-42-39-36-33-24-21-18-15-12-9-6-3)65-59(62)53-50-47-44-41-38-35-31-26-23-20-17-14-11-8-5-2/h7,10,16,19,25,27,29-30,33,36,56H,4-6,8-9,11-15,17-18,20-24,26,28,31-32,34-35,37-55H2,1-3H3/b10-7-,19-16-,27-25-,30-29-,36-33-. The molecule has 0 aliphatic heterocycles. The summed E-state index contributed by atoms with van der Waals surface area (Å²) in [4.78, 5) is 38.1. The van der Waals surface area contributed by atoms with Crippen LogP contribution >= 0.6 is 0 Å². The summed E-state index contributed by atoms with van der Waals surface area (Å²) in [5.74, 6) is -0.902. The van der Waals surface area contributed by atoms with E-state index in [4.69, 9.17) is 14.2 Å². The van der Waals surface area contributed by atoms with E-state index in [1.807, 2.05) is 0 Å². The third kappa shape index (κ3) is 51.9. The highest BCUT2D eigenvalue weighted by Crippen LogP contribution is 2.16. The minimum atomic E-state index is -0.784. The van der Waals surface area contributed by atoms with Gasteiger partial charge in [-0.15, -0.1) is 0 Å². The Balaban J connectivity index is 4.39. The van der Waals surface area contributed by atoms with Crippen LogP contribution in [0.4, 0.5) is 0 Å². The summed E-state index contributed by atoms with van der Waals surface area (Å²) in [6, 6.07) is 0. The Morgan fingerprint density at radius 1 is 0.323 bits per heavy atom. The van der Waals surface area contributed by atoms with Crippen molar-refractivity contribution in [3.8, 4) is 0 Å². The van der Waals surface area contributed by atoms with E-state index < -0.39 is 6.10 Å². The van der Waals surface area contributed by atoms with E-state index in [2.05, 4.69) is 81.5 Å². The molecule has 0 aliphatic rings. The lowest BCUT2D eigenvalue weighted by Crippen LogP contribution is -2.30. The molecule has 0 spiro atoms. The lowest BCUT2D eigenvalue weighted by molar-refractivity contribution is -0.167. The molecule has 0 heterocycles. The van der Waals surface area contributed by atoms with Crippen molar-refractivity contribution in [2.75, 3.05) is 13.2 Å².